The maximum atomic E-state index is 12.3. The van der Waals surface area contributed by atoms with E-state index in [0.29, 0.717) is 26.2 Å². The van der Waals surface area contributed by atoms with Gasteiger partial charge in [0.05, 0.1) is 18.1 Å². The van der Waals surface area contributed by atoms with E-state index in [4.69, 9.17) is 0 Å². The van der Waals surface area contributed by atoms with E-state index in [9.17, 15) is 18.0 Å². The summed E-state index contributed by atoms with van der Waals surface area (Å²) in [5, 5.41) is 6.15. The minimum atomic E-state index is -4.36. The normalized spacial score (nSPS) is 15.3. The van der Waals surface area contributed by atoms with E-state index in [2.05, 4.69) is 20.4 Å². The highest BCUT2D eigenvalue weighted by Crippen LogP contribution is 2.18. The highest BCUT2D eigenvalue weighted by Gasteiger charge is 2.28. The van der Waals surface area contributed by atoms with Crippen molar-refractivity contribution in [1.82, 2.24) is 24.6 Å². The number of carbonyl (C=O) groups is 1. The number of halogens is 3. The van der Waals surface area contributed by atoms with Crippen LogP contribution in [0.3, 0.4) is 0 Å². The molecular formula is C14H16F3N7O. The Morgan fingerprint density at radius 1 is 1.16 bits per heavy atom. The molecule has 2 amide bonds. The summed E-state index contributed by atoms with van der Waals surface area (Å²) in [5.41, 5.74) is 0.227. The number of aromatic nitrogens is 4. The molecule has 11 heteroatoms. The summed E-state index contributed by atoms with van der Waals surface area (Å²) in [6, 6.07) is -0.370. The standard InChI is InChI=1S/C14H16F3N7O/c15-14(16,17)10-24-9-11(7-20-24)21-13(25)23-5-3-22(4-6-23)12-8-18-1-2-19-12/h1-2,7-9H,3-6,10H2,(H,21,25). The zero-order valence-electron chi connectivity index (χ0n) is 13.1. The first-order valence-electron chi connectivity index (χ1n) is 7.57. The fourth-order valence-corrected chi connectivity index (χ4v) is 2.49. The third-order valence-electron chi connectivity index (χ3n) is 3.67. The highest BCUT2D eigenvalue weighted by atomic mass is 19.4. The first-order valence-corrected chi connectivity index (χ1v) is 7.57. The van der Waals surface area contributed by atoms with Crippen LogP contribution in [0.15, 0.2) is 31.0 Å². The van der Waals surface area contributed by atoms with Crippen LogP contribution in [0.25, 0.3) is 0 Å². The molecule has 1 aliphatic rings. The lowest BCUT2D eigenvalue weighted by Crippen LogP contribution is -2.50. The zero-order valence-corrected chi connectivity index (χ0v) is 13.1. The van der Waals surface area contributed by atoms with Crippen molar-refractivity contribution >= 4 is 17.5 Å². The van der Waals surface area contributed by atoms with Crippen LogP contribution in [-0.4, -0.2) is 63.0 Å². The molecule has 25 heavy (non-hydrogen) atoms. The van der Waals surface area contributed by atoms with E-state index >= 15 is 0 Å². The van der Waals surface area contributed by atoms with Crippen LogP contribution < -0.4 is 10.2 Å². The molecule has 0 radical (unpaired) electrons. The molecule has 8 nitrogen and oxygen atoms in total. The minimum absolute atomic E-state index is 0.227. The molecule has 2 aromatic heterocycles. The molecule has 0 aromatic carbocycles. The third kappa shape index (κ3) is 4.58. The molecule has 0 bridgehead atoms. The number of nitrogens with zero attached hydrogens (tertiary/aromatic N) is 6. The molecule has 0 spiro atoms. The molecule has 0 aliphatic carbocycles. The van der Waals surface area contributed by atoms with E-state index in [-0.39, 0.29) is 11.7 Å². The maximum Gasteiger partial charge on any atom is 0.408 e. The molecular weight excluding hydrogens is 339 g/mol. The molecule has 3 heterocycles. The molecule has 1 aliphatic heterocycles. The molecule has 1 saturated heterocycles. The summed E-state index contributed by atoms with van der Waals surface area (Å²) >= 11 is 0. The molecule has 0 saturated carbocycles. The van der Waals surface area contributed by atoms with Crippen molar-refractivity contribution in [2.75, 3.05) is 36.4 Å². The Labute approximate surface area is 141 Å². The molecule has 2 aromatic rings. The van der Waals surface area contributed by atoms with Crippen LogP contribution in [-0.2, 0) is 6.54 Å². The number of nitrogens with one attached hydrogen (secondary N) is 1. The minimum Gasteiger partial charge on any atom is -0.352 e. The summed E-state index contributed by atoms with van der Waals surface area (Å²) in [4.78, 5) is 24.0. The van der Waals surface area contributed by atoms with Gasteiger partial charge in [0.2, 0.25) is 0 Å². The second-order valence-corrected chi connectivity index (χ2v) is 5.51. The van der Waals surface area contributed by atoms with Crippen LogP contribution in [0.5, 0.6) is 0 Å². The molecule has 134 valence electrons. The van der Waals surface area contributed by atoms with Gasteiger partial charge in [0.25, 0.3) is 0 Å². The Bertz CT molecular complexity index is 711. The number of carbonyl (C=O) groups excluding carboxylic acids is 1. The molecule has 3 rings (SSSR count). The van der Waals surface area contributed by atoms with Gasteiger partial charge in [-0.1, -0.05) is 0 Å². The zero-order chi connectivity index (χ0) is 17.9. The van der Waals surface area contributed by atoms with Crippen molar-refractivity contribution in [3.05, 3.63) is 31.0 Å². The van der Waals surface area contributed by atoms with E-state index in [0.717, 1.165) is 16.7 Å². The third-order valence-corrected chi connectivity index (χ3v) is 3.67. The maximum absolute atomic E-state index is 12.3. The number of hydrogen-bond acceptors (Lipinski definition) is 5. The van der Waals surface area contributed by atoms with Gasteiger partial charge in [-0.3, -0.25) is 9.67 Å². The van der Waals surface area contributed by atoms with Crippen molar-refractivity contribution in [1.29, 1.82) is 0 Å². The van der Waals surface area contributed by atoms with Gasteiger partial charge in [-0.2, -0.15) is 18.3 Å². The number of rotatable bonds is 3. The summed E-state index contributed by atoms with van der Waals surface area (Å²) in [6.45, 7) is 0.941. The predicted octanol–water partition coefficient (Wildman–Crippen LogP) is 1.59. The first-order chi connectivity index (χ1) is 11.9. The van der Waals surface area contributed by atoms with Crippen molar-refractivity contribution in [2.45, 2.75) is 12.7 Å². The number of amides is 2. The Morgan fingerprint density at radius 3 is 2.56 bits per heavy atom. The van der Waals surface area contributed by atoms with Crippen LogP contribution in [0.4, 0.5) is 29.5 Å². The SMILES string of the molecule is O=C(Nc1cnn(CC(F)(F)F)c1)N1CCN(c2cnccn2)CC1. The molecule has 0 atom stereocenters. The largest absolute Gasteiger partial charge is 0.408 e. The molecule has 1 N–H and O–H groups in total. The lowest BCUT2D eigenvalue weighted by Gasteiger charge is -2.35. The fourth-order valence-electron chi connectivity index (χ4n) is 2.49. The van der Waals surface area contributed by atoms with Crippen LogP contribution >= 0.6 is 0 Å². The number of hydrogen-bond donors (Lipinski definition) is 1. The smallest absolute Gasteiger partial charge is 0.352 e. The van der Waals surface area contributed by atoms with Crippen molar-refractivity contribution in [3.8, 4) is 0 Å². The molecule has 1 fully saturated rings. The number of alkyl halides is 3. The Morgan fingerprint density at radius 2 is 1.92 bits per heavy atom. The average Bonchev–Trinajstić information content (AvgIpc) is 3.00. The summed E-state index contributed by atoms with van der Waals surface area (Å²) in [5.74, 6) is 0.746. The predicted molar refractivity (Wildman–Crippen MR) is 83.1 cm³/mol. The highest BCUT2D eigenvalue weighted by molar-refractivity contribution is 5.89. The Kier molecular flexibility index (Phi) is 4.72. The number of piperazine rings is 1. The van der Waals surface area contributed by atoms with Gasteiger partial charge in [0, 0.05) is 44.8 Å². The number of urea groups is 1. The second-order valence-electron chi connectivity index (χ2n) is 5.51. The van der Waals surface area contributed by atoms with Crippen LogP contribution in [0, 0.1) is 0 Å². The van der Waals surface area contributed by atoms with Gasteiger partial charge in [0.1, 0.15) is 12.4 Å². The van der Waals surface area contributed by atoms with Crippen LogP contribution in [0.1, 0.15) is 0 Å². The van der Waals surface area contributed by atoms with Gasteiger partial charge in [-0.05, 0) is 0 Å². The molecule has 0 unspecified atom stereocenters. The van der Waals surface area contributed by atoms with Crippen LogP contribution in [0.2, 0.25) is 0 Å². The van der Waals surface area contributed by atoms with Gasteiger partial charge in [-0.25, -0.2) is 9.78 Å². The van der Waals surface area contributed by atoms with Crippen molar-refractivity contribution in [3.63, 3.8) is 0 Å². The summed E-state index contributed by atoms with van der Waals surface area (Å²) < 4.78 is 37.7. The van der Waals surface area contributed by atoms with Crippen molar-refractivity contribution < 1.29 is 18.0 Å². The summed E-state index contributed by atoms with van der Waals surface area (Å²) in [6.07, 6.45) is 2.84. The second kappa shape index (κ2) is 6.95. The van der Waals surface area contributed by atoms with E-state index in [1.807, 2.05) is 4.90 Å². The van der Waals surface area contributed by atoms with Gasteiger partial charge in [0.15, 0.2) is 0 Å². The monoisotopic (exact) mass is 355 g/mol. The lowest BCUT2D eigenvalue weighted by atomic mass is 10.3. The van der Waals surface area contributed by atoms with E-state index < -0.39 is 12.7 Å². The average molecular weight is 355 g/mol. The quantitative estimate of drug-likeness (QED) is 0.905. The summed E-state index contributed by atoms with van der Waals surface area (Å²) in [7, 11) is 0. The Hall–Kier alpha value is -2.85. The van der Waals surface area contributed by atoms with Gasteiger partial charge >= 0.3 is 12.2 Å². The number of anilines is 2. The van der Waals surface area contributed by atoms with E-state index in [1.165, 1.54) is 6.20 Å². The van der Waals surface area contributed by atoms with E-state index in [1.54, 1.807) is 23.5 Å². The lowest BCUT2D eigenvalue weighted by molar-refractivity contribution is -0.142. The van der Waals surface area contributed by atoms with Crippen molar-refractivity contribution in [2.24, 2.45) is 0 Å². The Balaban J connectivity index is 1.51. The first kappa shape index (κ1) is 17.0. The topological polar surface area (TPSA) is 79.2 Å². The van der Waals surface area contributed by atoms with Gasteiger partial charge < -0.3 is 15.1 Å². The fraction of sp³-hybridized carbons (Fsp3) is 0.429. The van der Waals surface area contributed by atoms with Gasteiger partial charge in [-0.15, -0.1) is 0 Å².